The number of nitro benzene ring substituents is 1. The second-order valence-corrected chi connectivity index (χ2v) is 7.27. The third-order valence-electron chi connectivity index (χ3n) is 4.17. The molecule has 2 aromatic rings. The summed E-state index contributed by atoms with van der Waals surface area (Å²) in [6.07, 6.45) is 3.80. The average Bonchev–Trinajstić information content (AvgIpc) is 3.02. The summed E-state index contributed by atoms with van der Waals surface area (Å²) in [5.41, 5.74) is 0.844. The normalized spacial score (nSPS) is 15.1. The Morgan fingerprint density at radius 2 is 2.12 bits per heavy atom. The number of carbonyl (C=O) groups is 1. The number of halogens is 1. The number of piperidine rings is 1. The van der Waals surface area contributed by atoms with Crippen LogP contribution in [0, 0.1) is 10.1 Å². The number of nitrogens with one attached hydrogen (secondary N) is 2. The van der Waals surface area contributed by atoms with Crippen LogP contribution >= 0.6 is 22.9 Å². The van der Waals surface area contributed by atoms with E-state index in [1.807, 2.05) is 5.38 Å². The van der Waals surface area contributed by atoms with Gasteiger partial charge >= 0.3 is 0 Å². The van der Waals surface area contributed by atoms with Gasteiger partial charge in [-0.2, -0.15) is 0 Å². The minimum absolute atomic E-state index is 0.00240. The second kappa shape index (κ2) is 7.90. The van der Waals surface area contributed by atoms with Gasteiger partial charge < -0.3 is 4.90 Å². The summed E-state index contributed by atoms with van der Waals surface area (Å²) < 4.78 is 0. The molecule has 7 nitrogen and oxygen atoms in total. The lowest BCUT2D eigenvalue weighted by atomic mass is 10.1. The Morgan fingerprint density at radius 3 is 2.84 bits per heavy atom. The standard InChI is InChI=1S/C16H17ClN4O3S/c17-13-5-4-11(8-14(13)21(23)24)15(22)19-16-18-12(10-25-16)9-20-6-2-1-3-7-20/h4-5,8,10H,1-3,6-7,9H2,(H,18,19,22)/p+1. The summed E-state index contributed by atoms with van der Waals surface area (Å²) in [6.45, 7) is 3.18. The minimum atomic E-state index is -0.609. The smallest absolute Gasteiger partial charge is 0.288 e. The molecule has 2 heterocycles. The van der Waals surface area contributed by atoms with Gasteiger partial charge in [0.25, 0.3) is 11.6 Å². The van der Waals surface area contributed by atoms with E-state index in [-0.39, 0.29) is 16.3 Å². The van der Waals surface area contributed by atoms with E-state index in [1.165, 1.54) is 53.7 Å². The Hall–Kier alpha value is -2.03. The van der Waals surface area contributed by atoms with E-state index in [9.17, 15) is 14.9 Å². The number of quaternary nitrogens is 1. The fraction of sp³-hybridized carbons (Fsp3) is 0.375. The van der Waals surface area contributed by atoms with Crippen LogP contribution in [0.3, 0.4) is 0 Å². The molecular formula is C16H18ClN4O3S+. The Morgan fingerprint density at radius 1 is 1.36 bits per heavy atom. The van der Waals surface area contributed by atoms with E-state index in [0.717, 1.165) is 25.3 Å². The van der Waals surface area contributed by atoms with Crippen molar-refractivity contribution in [1.29, 1.82) is 0 Å². The number of hydrogen-bond donors (Lipinski definition) is 2. The van der Waals surface area contributed by atoms with Crippen molar-refractivity contribution in [3.05, 3.63) is 50.0 Å². The largest absolute Gasteiger partial charge is 0.330 e. The van der Waals surface area contributed by atoms with Crippen LogP contribution in [0.2, 0.25) is 5.02 Å². The van der Waals surface area contributed by atoms with Crippen molar-refractivity contribution in [3.63, 3.8) is 0 Å². The predicted molar refractivity (Wildman–Crippen MR) is 96.4 cm³/mol. The highest BCUT2D eigenvalue weighted by Crippen LogP contribution is 2.25. The molecule has 0 saturated carbocycles. The van der Waals surface area contributed by atoms with Crippen molar-refractivity contribution >= 4 is 39.7 Å². The summed E-state index contributed by atoms with van der Waals surface area (Å²) in [5, 5.41) is 16.1. The van der Waals surface area contributed by atoms with Gasteiger partial charge in [0.15, 0.2) is 5.13 Å². The first kappa shape index (κ1) is 17.8. The molecule has 1 amide bonds. The molecule has 0 spiro atoms. The molecule has 1 aliphatic rings. The third kappa shape index (κ3) is 4.53. The number of nitro groups is 1. The maximum absolute atomic E-state index is 12.3. The second-order valence-electron chi connectivity index (χ2n) is 6.01. The van der Waals surface area contributed by atoms with Gasteiger partial charge in [0.05, 0.1) is 18.0 Å². The topological polar surface area (TPSA) is 89.6 Å². The highest BCUT2D eigenvalue weighted by atomic mass is 35.5. The summed E-state index contributed by atoms with van der Waals surface area (Å²) >= 11 is 7.12. The van der Waals surface area contributed by atoms with E-state index < -0.39 is 10.8 Å². The molecule has 1 aliphatic heterocycles. The number of thiazole rings is 1. The number of anilines is 1. The van der Waals surface area contributed by atoms with Gasteiger partial charge in [0.2, 0.25) is 0 Å². The zero-order valence-electron chi connectivity index (χ0n) is 13.5. The molecule has 2 N–H and O–H groups in total. The highest BCUT2D eigenvalue weighted by molar-refractivity contribution is 7.13. The number of likely N-dealkylation sites (tertiary alicyclic amines) is 1. The van der Waals surface area contributed by atoms with Crippen LogP contribution < -0.4 is 10.2 Å². The SMILES string of the molecule is O=C(Nc1nc(C[NH+]2CCCCC2)cs1)c1ccc(Cl)c([N+](=O)[O-])c1. The Kier molecular flexibility index (Phi) is 5.62. The van der Waals surface area contributed by atoms with Gasteiger partial charge in [-0.15, -0.1) is 11.3 Å². The molecule has 0 aliphatic carbocycles. The maximum Gasteiger partial charge on any atom is 0.288 e. The fourth-order valence-corrected chi connectivity index (χ4v) is 3.79. The van der Waals surface area contributed by atoms with Crippen molar-refractivity contribution in [2.24, 2.45) is 0 Å². The lowest BCUT2D eigenvalue weighted by Gasteiger charge is -2.22. The summed E-state index contributed by atoms with van der Waals surface area (Å²) in [4.78, 5) is 28.6. The Balaban J connectivity index is 1.65. The van der Waals surface area contributed by atoms with Crippen LogP contribution in [0.1, 0.15) is 35.3 Å². The Bertz CT molecular complexity index is 789. The quantitative estimate of drug-likeness (QED) is 0.615. The van der Waals surface area contributed by atoms with E-state index in [4.69, 9.17) is 11.6 Å². The maximum atomic E-state index is 12.3. The molecular weight excluding hydrogens is 364 g/mol. The van der Waals surface area contributed by atoms with Gasteiger partial charge in [-0.3, -0.25) is 20.2 Å². The van der Waals surface area contributed by atoms with Gasteiger partial charge in [-0.25, -0.2) is 4.98 Å². The molecule has 0 bridgehead atoms. The van der Waals surface area contributed by atoms with E-state index >= 15 is 0 Å². The van der Waals surface area contributed by atoms with Crippen molar-refractivity contribution in [1.82, 2.24) is 4.98 Å². The van der Waals surface area contributed by atoms with Crippen molar-refractivity contribution in [2.45, 2.75) is 25.8 Å². The lowest BCUT2D eigenvalue weighted by Crippen LogP contribution is -3.11. The van der Waals surface area contributed by atoms with Crippen LogP contribution in [0.15, 0.2) is 23.6 Å². The monoisotopic (exact) mass is 381 g/mol. The highest BCUT2D eigenvalue weighted by Gasteiger charge is 2.18. The first-order valence-corrected chi connectivity index (χ1v) is 9.32. The molecule has 25 heavy (non-hydrogen) atoms. The first-order chi connectivity index (χ1) is 12.0. The number of rotatable bonds is 5. The molecule has 1 aromatic heterocycles. The van der Waals surface area contributed by atoms with Crippen molar-refractivity contribution in [3.8, 4) is 0 Å². The molecule has 3 rings (SSSR count). The zero-order chi connectivity index (χ0) is 17.8. The van der Waals surface area contributed by atoms with Gasteiger partial charge in [-0.1, -0.05) is 11.6 Å². The average molecular weight is 382 g/mol. The third-order valence-corrected chi connectivity index (χ3v) is 5.30. The van der Waals surface area contributed by atoms with Crippen molar-refractivity contribution in [2.75, 3.05) is 18.4 Å². The molecule has 0 radical (unpaired) electrons. The molecule has 9 heteroatoms. The number of nitrogens with zero attached hydrogens (tertiary/aromatic N) is 2. The molecule has 1 fully saturated rings. The summed E-state index contributed by atoms with van der Waals surface area (Å²) in [7, 11) is 0. The van der Waals surface area contributed by atoms with Crippen LogP contribution in [-0.2, 0) is 6.54 Å². The zero-order valence-corrected chi connectivity index (χ0v) is 15.0. The minimum Gasteiger partial charge on any atom is -0.330 e. The van der Waals surface area contributed by atoms with Crippen LogP contribution in [-0.4, -0.2) is 28.9 Å². The fourth-order valence-electron chi connectivity index (χ4n) is 2.89. The van der Waals surface area contributed by atoms with E-state index in [2.05, 4.69) is 10.3 Å². The predicted octanol–water partition coefficient (Wildman–Crippen LogP) is 2.53. The molecule has 1 aromatic carbocycles. The number of amides is 1. The summed E-state index contributed by atoms with van der Waals surface area (Å²) in [5.74, 6) is -0.439. The molecule has 132 valence electrons. The molecule has 0 atom stereocenters. The van der Waals surface area contributed by atoms with Crippen LogP contribution in [0.4, 0.5) is 10.8 Å². The Labute approximate surface area is 153 Å². The van der Waals surface area contributed by atoms with Gasteiger partial charge in [0, 0.05) is 17.0 Å². The van der Waals surface area contributed by atoms with E-state index in [0.29, 0.717) is 5.13 Å². The van der Waals surface area contributed by atoms with Gasteiger partial charge in [-0.05, 0) is 31.4 Å². The lowest BCUT2D eigenvalue weighted by molar-refractivity contribution is -0.918. The number of hydrogen-bond acceptors (Lipinski definition) is 5. The number of aromatic nitrogens is 1. The number of benzene rings is 1. The van der Waals surface area contributed by atoms with Crippen molar-refractivity contribution < 1.29 is 14.6 Å². The molecule has 0 unspecified atom stereocenters. The summed E-state index contributed by atoms with van der Waals surface area (Å²) in [6, 6.07) is 3.97. The van der Waals surface area contributed by atoms with Gasteiger partial charge in [0.1, 0.15) is 17.3 Å². The van der Waals surface area contributed by atoms with E-state index in [1.54, 1.807) is 0 Å². The van der Waals surface area contributed by atoms with Crippen LogP contribution in [0.25, 0.3) is 0 Å². The molecule has 1 saturated heterocycles. The number of carbonyl (C=O) groups excluding carboxylic acids is 1. The van der Waals surface area contributed by atoms with Crippen LogP contribution in [0.5, 0.6) is 0 Å². The first-order valence-electron chi connectivity index (χ1n) is 8.06.